The van der Waals surface area contributed by atoms with Crippen LogP contribution >= 0.6 is 0 Å². The van der Waals surface area contributed by atoms with Crippen LogP contribution in [0.2, 0.25) is 0 Å². The van der Waals surface area contributed by atoms with Crippen molar-refractivity contribution in [3.63, 3.8) is 0 Å². The van der Waals surface area contributed by atoms with Crippen molar-refractivity contribution in [3.8, 4) is 0 Å². The summed E-state index contributed by atoms with van der Waals surface area (Å²) in [5, 5.41) is 3.20. The van der Waals surface area contributed by atoms with Crippen molar-refractivity contribution in [2.24, 2.45) is 11.8 Å². The van der Waals surface area contributed by atoms with E-state index in [4.69, 9.17) is 10.6 Å². The predicted molar refractivity (Wildman–Crippen MR) is 66.5 cm³/mol. The van der Waals surface area contributed by atoms with Crippen molar-refractivity contribution in [3.05, 3.63) is 12.3 Å². The molecule has 1 fully saturated rings. The monoisotopic (exact) mass is 237 g/mol. The van der Waals surface area contributed by atoms with E-state index in [0.29, 0.717) is 5.95 Å². The third-order valence-corrected chi connectivity index (χ3v) is 2.61. The summed E-state index contributed by atoms with van der Waals surface area (Å²) < 4.78 is 5.54. The SMILES string of the molecule is NNc1nccc(NCCCOCC2CC2)n1. The van der Waals surface area contributed by atoms with Crippen molar-refractivity contribution in [1.29, 1.82) is 0 Å². The van der Waals surface area contributed by atoms with Gasteiger partial charge in [-0.05, 0) is 31.2 Å². The summed E-state index contributed by atoms with van der Waals surface area (Å²) in [5.74, 6) is 7.25. The standard InChI is InChI=1S/C11H19N5O/c12-16-11-14-6-4-10(15-11)13-5-1-7-17-8-9-2-3-9/h4,6,9H,1-3,5,7-8,12H2,(H2,13,14,15,16). The third-order valence-electron chi connectivity index (χ3n) is 2.61. The van der Waals surface area contributed by atoms with E-state index >= 15 is 0 Å². The molecule has 1 aromatic rings. The summed E-state index contributed by atoms with van der Waals surface area (Å²) in [6, 6.07) is 1.81. The lowest BCUT2D eigenvalue weighted by molar-refractivity contribution is 0.124. The number of rotatable bonds is 8. The zero-order valence-electron chi connectivity index (χ0n) is 9.85. The maximum Gasteiger partial charge on any atom is 0.239 e. The summed E-state index contributed by atoms with van der Waals surface area (Å²) >= 11 is 0. The van der Waals surface area contributed by atoms with Crippen LogP contribution in [0.15, 0.2) is 12.3 Å². The Balaban J connectivity index is 1.56. The Morgan fingerprint density at radius 1 is 1.47 bits per heavy atom. The quantitative estimate of drug-likeness (QED) is 0.355. The molecule has 2 rings (SSSR count). The maximum atomic E-state index is 5.54. The molecule has 1 aromatic heterocycles. The van der Waals surface area contributed by atoms with E-state index in [1.807, 2.05) is 6.07 Å². The number of nitrogens with one attached hydrogen (secondary N) is 2. The summed E-state index contributed by atoms with van der Waals surface area (Å²) in [7, 11) is 0. The fraction of sp³-hybridized carbons (Fsp3) is 0.636. The largest absolute Gasteiger partial charge is 0.381 e. The fourth-order valence-corrected chi connectivity index (χ4v) is 1.45. The van der Waals surface area contributed by atoms with E-state index in [2.05, 4.69) is 20.7 Å². The molecule has 6 nitrogen and oxygen atoms in total. The highest BCUT2D eigenvalue weighted by molar-refractivity contribution is 5.38. The zero-order chi connectivity index (χ0) is 11.9. The molecular formula is C11H19N5O. The van der Waals surface area contributed by atoms with Gasteiger partial charge in [0.1, 0.15) is 5.82 Å². The predicted octanol–water partition coefficient (Wildman–Crippen LogP) is 0.991. The number of nitrogens with zero attached hydrogens (tertiary/aromatic N) is 2. The smallest absolute Gasteiger partial charge is 0.239 e. The molecule has 17 heavy (non-hydrogen) atoms. The molecular weight excluding hydrogens is 218 g/mol. The Labute approximate surface area is 101 Å². The molecule has 0 unspecified atom stereocenters. The number of hydrazine groups is 1. The van der Waals surface area contributed by atoms with Gasteiger partial charge in [-0.1, -0.05) is 0 Å². The lowest BCUT2D eigenvalue weighted by Crippen LogP contribution is -2.12. The summed E-state index contributed by atoms with van der Waals surface area (Å²) in [4.78, 5) is 8.08. The first kappa shape index (κ1) is 12.1. The highest BCUT2D eigenvalue weighted by Gasteiger charge is 2.20. The minimum absolute atomic E-state index is 0.417. The van der Waals surface area contributed by atoms with Gasteiger partial charge in [0.15, 0.2) is 0 Å². The molecule has 0 saturated heterocycles. The van der Waals surface area contributed by atoms with Crippen LogP contribution in [0.5, 0.6) is 0 Å². The second kappa shape index (κ2) is 6.36. The van der Waals surface area contributed by atoms with Gasteiger partial charge in [-0.15, -0.1) is 0 Å². The first-order valence-corrected chi connectivity index (χ1v) is 6.00. The second-order valence-corrected chi connectivity index (χ2v) is 4.21. The lowest BCUT2D eigenvalue weighted by atomic mass is 10.4. The normalized spacial score (nSPS) is 14.6. The van der Waals surface area contributed by atoms with Gasteiger partial charge in [-0.2, -0.15) is 4.98 Å². The molecule has 6 heteroatoms. The number of ether oxygens (including phenoxy) is 1. The average Bonchev–Trinajstić information content (AvgIpc) is 3.18. The Morgan fingerprint density at radius 2 is 2.35 bits per heavy atom. The Morgan fingerprint density at radius 3 is 3.12 bits per heavy atom. The molecule has 0 spiro atoms. The molecule has 0 amide bonds. The molecule has 94 valence electrons. The second-order valence-electron chi connectivity index (χ2n) is 4.21. The minimum Gasteiger partial charge on any atom is -0.381 e. The molecule has 1 aliphatic carbocycles. The van der Waals surface area contributed by atoms with Crippen LogP contribution in [0.25, 0.3) is 0 Å². The van der Waals surface area contributed by atoms with Crippen molar-refractivity contribution in [2.45, 2.75) is 19.3 Å². The summed E-state index contributed by atoms with van der Waals surface area (Å²) in [6.07, 6.45) is 5.32. The molecule has 0 atom stereocenters. The highest BCUT2D eigenvalue weighted by Crippen LogP contribution is 2.28. The number of anilines is 2. The summed E-state index contributed by atoms with van der Waals surface area (Å²) in [6.45, 7) is 2.57. The van der Waals surface area contributed by atoms with E-state index in [1.54, 1.807) is 6.20 Å². The van der Waals surface area contributed by atoms with Gasteiger partial charge in [-0.25, -0.2) is 10.8 Å². The van der Waals surface area contributed by atoms with Gasteiger partial charge >= 0.3 is 0 Å². The molecule has 1 aliphatic rings. The average molecular weight is 237 g/mol. The van der Waals surface area contributed by atoms with Crippen LogP contribution in [0.4, 0.5) is 11.8 Å². The fourth-order valence-electron chi connectivity index (χ4n) is 1.45. The van der Waals surface area contributed by atoms with Gasteiger partial charge in [0.05, 0.1) is 0 Å². The molecule has 0 bridgehead atoms. The van der Waals surface area contributed by atoms with Crippen LogP contribution in [0.1, 0.15) is 19.3 Å². The zero-order valence-corrected chi connectivity index (χ0v) is 9.85. The Hall–Kier alpha value is -1.40. The first-order chi connectivity index (χ1) is 8.38. The topological polar surface area (TPSA) is 85.1 Å². The Kier molecular flexibility index (Phi) is 4.52. The van der Waals surface area contributed by atoms with Gasteiger partial charge in [-0.3, -0.25) is 5.43 Å². The van der Waals surface area contributed by atoms with Crippen LogP contribution < -0.4 is 16.6 Å². The number of nitrogen functional groups attached to an aromatic ring is 1. The van der Waals surface area contributed by atoms with Gasteiger partial charge in [0.25, 0.3) is 0 Å². The van der Waals surface area contributed by atoms with Crippen molar-refractivity contribution < 1.29 is 4.74 Å². The molecule has 4 N–H and O–H groups in total. The van der Waals surface area contributed by atoms with Crippen LogP contribution in [0, 0.1) is 5.92 Å². The van der Waals surface area contributed by atoms with E-state index in [9.17, 15) is 0 Å². The number of hydrogen-bond acceptors (Lipinski definition) is 6. The van der Waals surface area contributed by atoms with E-state index in [1.165, 1.54) is 12.8 Å². The van der Waals surface area contributed by atoms with E-state index in [-0.39, 0.29) is 0 Å². The third kappa shape index (κ3) is 4.54. The molecule has 0 radical (unpaired) electrons. The Bertz CT molecular complexity index is 342. The molecule has 1 heterocycles. The van der Waals surface area contributed by atoms with E-state index in [0.717, 1.165) is 37.9 Å². The van der Waals surface area contributed by atoms with Crippen molar-refractivity contribution in [1.82, 2.24) is 9.97 Å². The number of hydrogen-bond donors (Lipinski definition) is 3. The van der Waals surface area contributed by atoms with Gasteiger partial charge in [0.2, 0.25) is 5.95 Å². The summed E-state index contributed by atoms with van der Waals surface area (Å²) in [5.41, 5.74) is 2.41. The number of aromatic nitrogens is 2. The van der Waals surface area contributed by atoms with Gasteiger partial charge < -0.3 is 10.1 Å². The maximum absolute atomic E-state index is 5.54. The van der Waals surface area contributed by atoms with Crippen LogP contribution in [-0.2, 0) is 4.74 Å². The molecule has 0 aromatic carbocycles. The molecule has 0 aliphatic heterocycles. The van der Waals surface area contributed by atoms with Crippen molar-refractivity contribution >= 4 is 11.8 Å². The lowest BCUT2D eigenvalue weighted by Gasteiger charge is -2.06. The number of nitrogens with two attached hydrogens (primary N) is 1. The van der Waals surface area contributed by atoms with Gasteiger partial charge in [0, 0.05) is 26.0 Å². The molecule has 1 saturated carbocycles. The minimum atomic E-state index is 0.417. The highest BCUT2D eigenvalue weighted by atomic mass is 16.5. The first-order valence-electron chi connectivity index (χ1n) is 6.00. The van der Waals surface area contributed by atoms with Crippen LogP contribution in [-0.4, -0.2) is 29.7 Å². The van der Waals surface area contributed by atoms with E-state index < -0.39 is 0 Å². The van der Waals surface area contributed by atoms with Crippen LogP contribution in [0.3, 0.4) is 0 Å². The van der Waals surface area contributed by atoms with Crippen molar-refractivity contribution in [2.75, 3.05) is 30.5 Å².